The lowest BCUT2D eigenvalue weighted by molar-refractivity contribution is -0.114. The summed E-state index contributed by atoms with van der Waals surface area (Å²) in [5.74, 6) is -0.0601. The van der Waals surface area contributed by atoms with Crippen LogP contribution in [-0.4, -0.2) is 19.5 Å². The lowest BCUT2D eigenvalue weighted by Gasteiger charge is -2.20. The number of benzene rings is 2. The molecular formula is C17H21N3O. The number of carbonyl (C=O) groups is 1. The molecule has 0 heterocycles. The topological polar surface area (TPSA) is 44.4 Å². The van der Waals surface area contributed by atoms with Gasteiger partial charge in [0.1, 0.15) is 0 Å². The minimum absolute atomic E-state index is 0.0601. The third kappa shape index (κ3) is 3.99. The predicted molar refractivity (Wildman–Crippen MR) is 89.4 cm³/mol. The van der Waals surface area contributed by atoms with Crippen LogP contribution in [0.25, 0.3) is 0 Å². The average Bonchev–Trinajstić information content (AvgIpc) is 2.48. The van der Waals surface area contributed by atoms with Crippen LogP contribution in [0.4, 0.5) is 22.7 Å². The highest BCUT2D eigenvalue weighted by molar-refractivity contribution is 5.88. The number of nitrogens with one attached hydrogen (secondary N) is 2. The summed E-state index contributed by atoms with van der Waals surface area (Å²) < 4.78 is 0. The molecule has 0 atom stereocenters. The molecule has 4 nitrogen and oxygen atoms in total. The first kappa shape index (κ1) is 14.9. The van der Waals surface area contributed by atoms with Gasteiger partial charge < -0.3 is 15.5 Å². The zero-order chi connectivity index (χ0) is 15.2. The van der Waals surface area contributed by atoms with Gasteiger partial charge in [-0.15, -0.1) is 0 Å². The summed E-state index contributed by atoms with van der Waals surface area (Å²) in [6.45, 7) is 4.50. The maximum atomic E-state index is 11.0. The SMILES string of the molecule is CCNc1ccc(N(C)c2ccc(NC(C)=O)cc2)cc1. The van der Waals surface area contributed by atoms with Crippen LogP contribution in [0.3, 0.4) is 0 Å². The highest BCUT2D eigenvalue weighted by Crippen LogP contribution is 2.26. The molecule has 0 saturated carbocycles. The van der Waals surface area contributed by atoms with E-state index in [1.807, 2.05) is 31.3 Å². The lowest BCUT2D eigenvalue weighted by Crippen LogP contribution is -2.10. The Bertz CT molecular complexity index is 590. The Morgan fingerprint density at radius 2 is 1.43 bits per heavy atom. The molecule has 0 fully saturated rings. The van der Waals surface area contributed by atoms with Crippen LogP contribution in [0, 0.1) is 0 Å². The fraction of sp³-hybridized carbons (Fsp3) is 0.235. The van der Waals surface area contributed by atoms with Crippen molar-refractivity contribution >= 4 is 28.7 Å². The summed E-state index contributed by atoms with van der Waals surface area (Å²) in [6, 6.07) is 16.1. The minimum atomic E-state index is -0.0601. The molecule has 1 amide bonds. The van der Waals surface area contributed by atoms with Crippen LogP contribution < -0.4 is 15.5 Å². The van der Waals surface area contributed by atoms with E-state index in [1.165, 1.54) is 6.92 Å². The van der Waals surface area contributed by atoms with Crippen LogP contribution in [0.15, 0.2) is 48.5 Å². The number of rotatable bonds is 5. The molecule has 110 valence electrons. The largest absolute Gasteiger partial charge is 0.385 e. The van der Waals surface area contributed by atoms with Gasteiger partial charge in [-0.3, -0.25) is 4.79 Å². The molecule has 2 rings (SSSR count). The van der Waals surface area contributed by atoms with Crippen molar-refractivity contribution in [3.63, 3.8) is 0 Å². The summed E-state index contributed by atoms with van der Waals surface area (Å²) in [5.41, 5.74) is 4.11. The molecule has 0 spiro atoms. The van der Waals surface area contributed by atoms with Crippen molar-refractivity contribution < 1.29 is 4.79 Å². The van der Waals surface area contributed by atoms with Gasteiger partial charge in [0.25, 0.3) is 0 Å². The summed E-state index contributed by atoms with van der Waals surface area (Å²) in [7, 11) is 2.02. The Morgan fingerprint density at radius 3 is 1.86 bits per heavy atom. The summed E-state index contributed by atoms with van der Waals surface area (Å²) in [4.78, 5) is 13.1. The number of carbonyl (C=O) groups excluding carboxylic acids is 1. The molecule has 21 heavy (non-hydrogen) atoms. The molecule has 4 heteroatoms. The first-order valence-corrected chi connectivity index (χ1v) is 7.05. The molecule has 2 aromatic carbocycles. The lowest BCUT2D eigenvalue weighted by atomic mass is 10.2. The van der Waals surface area contributed by atoms with E-state index in [-0.39, 0.29) is 5.91 Å². The minimum Gasteiger partial charge on any atom is -0.385 e. The van der Waals surface area contributed by atoms with Gasteiger partial charge in [-0.1, -0.05) is 0 Å². The van der Waals surface area contributed by atoms with Gasteiger partial charge >= 0.3 is 0 Å². The van der Waals surface area contributed by atoms with Gasteiger partial charge in [-0.25, -0.2) is 0 Å². The fourth-order valence-electron chi connectivity index (χ4n) is 2.13. The van der Waals surface area contributed by atoms with Crippen molar-refractivity contribution in [3.05, 3.63) is 48.5 Å². The van der Waals surface area contributed by atoms with E-state index in [0.29, 0.717) is 0 Å². The summed E-state index contributed by atoms with van der Waals surface area (Å²) in [6.07, 6.45) is 0. The van der Waals surface area contributed by atoms with Crippen LogP contribution in [0.2, 0.25) is 0 Å². The van der Waals surface area contributed by atoms with Crippen LogP contribution in [0.5, 0.6) is 0 Å². The molecule has 0 bridgehead atoms. The molecule has 2 N–H and O–H groups in total. The average molecular weight is 283 g/mol. The highest BCUT2D eigenvalue weighted by atomic mass is 16.1. The Balaban J connectivity index is 2.11. The standard InChI is InChI=1S/C17H21N3O/c1-4-18-14-5-9-16(10-6-14)20(3)17-11-7-15(8-12-17)19-13(2)21/h5-12,18H,4H2,1-3H3,(H,19,21). The first-order valence-electron chi connectivity index (χ1n) is 7.05. The van der Waals surface area contributed by atoms with E-state index in [4.69, 9.17) is 0 Å². The first-order chi connectivity index (χ1) is 10.1. The molecule has 0 aliphatic rings. The zero-order valence-electron chi connectivity index (χ0n) is 12.7. The zero-order valence-corrected chi connectivity index (χ0v) is 12.7. The van der Waals surface area contributed by atoms with Crippen molar-refractivity contribution in [2.45, 2.75) is 13.8 Å². The van der Waals surface area contributed by atoms with Crippen molar-refractivity contribution in [2.24, 2.45) is 0 Å². The number of hydrogen-bond donors (Lipinski definition) is 2. The Kier molecular flexibility index (Phi) is 4.82. The Labute approximate surface area is 125 Å². The van der Waals surface area contributed by atoms with Crippen molar-refractivity contribution in [1.29, 1.82) is 0 Å². The Hall–Kier alpha value is -2.49. The molecule has 0 radical (unpaired) electrons. The molecule has 0 unspecified atom stereocenters. The van der Waals surface area contributed by atoms with Gasteiger partial charge in [-0.05, 0) is 55.5 Å². The molecule has 0 aliphatic carbocycles. The van der Waals surface area contributed by atoms with E-state index < -0.39 is 0 Å². The van der Waals surface area contributed by atoms with E-state index in [1.54, 1.807) is 0 Å². The Morgan fingerprint density at radius 1 is 0.952 bits per heavy atom. The highest BCUT2D eigenvalue weighted by Gasteiger charge is 2.04. The second-order valence-electron chi connectivity index (χ2n) is 4.86. The number of nitrogens with zero attached hydrogens (tertiary/aromatic N) is 1. The number of hydrogen-bond acceptors (Lipinski definition) is 3. The third-order valence-corrected chi connectivity index (χ3v) is 3.21. The summed E-state index contributed by atoms with van der Waals surface area (Å²) in [5, 5.41) is 6.05. The molecule has 2 aromatic rings. The summed E-state index contributed by atoms with van der Waals surface area (Å²) >= 11 is 0. The molecular weight excluding hydrogens is 262 g/mol. The van der Waals surface area contributed by atoms with Gasteiger partial charge in [0.05, 0.1) is 0 Å². The predicted octanol–water partition coefficient (Wildman–Crippen LogP) is 3.84. The van der Waals surface area contributed by atoms with Crippen molar-refractivity contribution in [2.75, 3.05) is 29.1 Å². The van der Waals surface area contributed by atoms with Gasteiger partial charge in [0.15, 0.2) is 0 Å². The van der Waals surface area contributed by atoms with E-state index in [0.717, 1.165) is 29.3 Å². The molecule has 0 saturated heterocycles. The maximum Gasteiger partial charge on any atom is 0.221 e. The number of amides is 1. The van der Waals surface area contributed by atoms with Gasteiger partial charge in [0, 0.05) is 43.3 Å². The second kappa shape index (κ2) is 6.79. The van der Waals surface area contributed by atoms with Gasteiger partial charge in [-0.2, -0.15) is 0 Å². The fourth-order valence-corrected chi connectivity index (χ4v) is 2.13. The third-order valence-electron chi connectivity index (χ3n) is 3.21. The second-order valence-corrected chi connectivity index (χ2v) is 4.86. The van der Waals surface area contributed by atoms with E-state index >= 15 is 0 Å². The van der Waals surface area contributed by atoms with Crippen molar-refractivity contribution in [3.8, 4) is 0 Å². The van der Waals surface area contributed by atoms with Gasteiger partial charge in [0.2, 0.25) is 5.91 Å². The smallest absolute Gasteiger partial charge is 0.221 e. The van der Waals surface area contributed by atoms with Crippen LogP contribution >= 0.6 is 0 Å². The number of anilines is 4. The quantitative estimate of drug-likeness (QED) is 0.876. The monoisotopic (exact) mass is 283 g/mol. The molecule has 0 aromatic heterocycles. The molecule has 0 aliphatic heterocycles. The van der Waals surface area contributed by atoms with E-state index in [9.17, 15) is 4.79 Å². The normalized spacial score (nSPS) is 10.0. The van der Waals surface area contributed by atoms with E-state index in [2.05, 4.69) is 46.7 Å². The maximum absolute atomic E-state index is 11.0. The van der Waals surface area contributed by atoms with Crippen molar-refractivity contribution in [1.82, 2.24) is 0 Å². The van der Waals surface area contributed by atoms with Crippen LogP contribution in [-0.2, 0) is 4.79 Å². The van der Waals surface area contributed by atoms with Crippen LogP contribution in [0.1, 0.15) is 13.8 Å².